The summed E-state index contributed by atoms with van der Waals surface area (Å²) in [6.45, 7) is 8.99. The summed E-state index contributed by atoms with van der Waals surface area (Å²) in [6, 6.07) is 18.5. The Hall–Kier alpha value is -3.91. The number of nitrogens with one attached hydrogen (secondary N) is 2. The van der Waals surface area contributed by atoms with E-state index >= 15 is 0 Å². The van der Waals surface area contributed by atoms with Crippen molar-refractivity contribution in [2.24, 2.45) is 0 Å². The lowest BCUT2D eigenvalue weighted by Crippen LogP contribution is -2.46. The summed E-state index contributed by atoms with van der Waals surface area (Å²) in [6.07, 6.45) is 0. The summed E-state index contributed by atoms with van der Waals surface area (Å²) in [5.74, 6) is -1.14. The van der Waals surface area contributed by atoms with E-state index in [1.807, 2.05) is 25.1 Å². The number of likely N-dealkylation sites (N-methyl/N-ethyl adjacent to an activating group) is 1. The van der Waals surface area contributed by atoms with Gasteiger partial charge in [0.25, 0.3) is 11.8 Å². The average molecular weight is 491 g/mol. The maximum absolute atomic E-state index is 13.8. The van der Waals surface area contributed by atoms with Crippen molar-refractivity contribution in [1.29, 1.82) is 0 Å². The van der Waals surface area contributed by atoms with Gasteiger partial charge in [-0.2, -0.15) is 0 Å². The number of benzene rings is 3. The molecule has 0 radical (unpaired) electrons. The lowest BCUT2D eigenvalue weighted by atomic mass is 10.1. The molecule has 3 aromatic rings. The Morgan fingerprint density at radius 3 is 2.39 bits per heavy atom. The molecule has 2 N–H and O–H groups in total. The molecule has 2 amide bonds. The van der Waals surface area contributed by atoms with Crippen LogP contribution in [0.4, 0.5) is 21.5 Å². The van der Waals surface area contributed by atoms with Gasteiger partial charge in [0.2, 0.25) is 0 Å². The van der Waals surface area contributed by atoms with E-state index in [2.05, 4.69) is 27.4 Å². The summed E-state index contributed by atoms with van der Waals surface area (Å²) in [7, 11) is 0. The maximum Gasteiger partial charge on any atom is 0.262 e. The van der Waals surface area contributed by atoms with Gasteiger partial charge in [0.15, 0.2) is 6.61 Å². The molecule has 1 heterocycles. The Kier molecular flexibility index (Phi) is 8.17. The topological polar surface area (TPSA) is 73.9 Å². The number of amides is 2. The molecule has 36 heavy (non-hydrogen) atoms. The zero-order valence-electron chi connectivity index (χ0n) is 20.6. The molecule has 0 bridgehead atoms. The van der Waals surface area contributed by atoms with Crippen molar-refractivity contribution in [2.45, 2.75) is 13.8 Å². The van der Waals surface area contributed by atoms with E-state index in [9.17, 15) is 14.0 Å². The van der Waals surface area contributed by atoms with E-state index in [-0.39, 0.29) is 24.0 Å². The highest BCUT2D eigenvalue weighted by molar-refractivity contribution is 6.06. The van der Waals surface area contributed by atoms with Crippen LogP contribution in [-0.2, 0) is 4.79 Å². The molecule has 0 aliphatic carbocycles. The number of ether oxygens (including phenoxy) is 1. The minimum absolute atomic E-state index is 0.0724. The van der Waals surface area contributed by atoms with Crippen molar-refractivity contribution in [2.75, 3.05) is 54.9 Å². The third kappa shape index (κ3) is 6.20. The van der Waals surface area contributed by atoms with E-state index in [0.29, 0.717) is 11.3 Å². The fourth-order valence-electron chi connectivity index (χ4n) is 4.26. The molecular formula is C28H31FN4O3. The molecule has 0 spiro atoms. The molecule has 1 saturated heterocycles. The van der Waals surface area contributed by atoms with E-state index in [0.717, 1.165) is 38.3 Å². The second kappa shape index (κ2) is 11.7. The molecule has 7 nitrogen and oxygen atoms in total. The normalized spacial score (nSPS) is 13.8. The van der Waals surface area contributed by atoms with Crippen LogP contribution in [0.3, 0.4) is 0 Å². The number of para-hydroxylation sites is 2. The molecule has 1 aliphatic heterocycles. The molecule has 1 aliphatic rings. The summed E-state index contributed by atoms with van der Waals surface area (Å²) in [5, 5.41) is 5.39. The fourth-order valence-corrected chi connectivity index (χ4v) is 4.26. The molecule has 0 unspecified atom stereocenters. The molecule has 4 rings (SSSR count). The molecule has 0 atom stereocenters. The number of nitrogens with zero attached hydrogens (tertiary/aromatic N) is 2. The second-order valence-electron chi connectivity index (χ2n) is 8.69. The Balaban J connectivity index is 1.38. The first-order chi connectivity index (χ1) is 17.4. The minimum Gasteiger partial charge on any atom is -0.483 e. The van der Waals surface area contributed by atoms with Crippen LogP contribution in [0.25, 0.3) is 0 Å². The van der Waals surface area contributed by atoms with Gasteiger partial charge in [-0.1, -0.05) is 31.2 Å². The van der Waals surface area contributed by atoms with Crippen molar-refractivity contribution in [3.63, 3.8) is 0 Å². The lowest BCUT2D eigenvalue weighted by molar-refractivity contribution is -0.118. The number of carbonyl (C=O) groups is 2. The largest absolute Gasteiger partial charge is 0.483 e. The van der Waals surface area contributed by atoms with Crippen LogP contribution in [0.5, 0.6) is 5.75 Å². The van der Waals surface area contributed by atoms with Crippen LogP contribution in [-0.4, -0.2) is 56.0 Å². The number of rotatable bonds is 8. The van der Waals surface area contributed by atoms with Crippen LogP contribution in [0, 0.1) is 12.7 Å². The zero-order valence-corrected chi connectivity index (χ0v) is 20.6. The monoisotopic (exact) mass is 490 g/mol. The molecule has 1 fully saturated rings. The van der Waals surface area contributed by atoms with E-state index < -0.39 is 11.7 Å². The Bertz CT molecular complexity index is 1220. The summed E-state index contributed by atoms with van der Waals surface area (Å²) >= 11 is 0. The van der Waals surface area contributed by atoms with Crippen LogP contribution in [0.15, 0.2) is 66.7 Å². The standard InChI is InChI=1S/C28H31FN4O3/c1-3-32-14-16-33(17-15-32)25-13-12-21(18-20(25)2)30-28(35)22-8-4-7-11-26(22)36-19-27(34)31-24-10-6-5-9-23(24)29/h4-13,18H,3,14-17,19H2,1-2H3,(H,30,35)(H,31,34). The molecule has 188 valence electrons. The van der Waals surface area contributed by atoms with Gasteiger partial charge in [0.1, 0.15) is 11.6 Å². The van der Waals surface area contributed by atoms with Crippen molar-refractivity contribution in [1.82, 2.24) is 4.90 Å². The van der Waals surface area contributed by atoms with Crippen LogP contribution >= 0.6 is 0 Å². The number of halogens is 1. The smallest absolute Gasteiger partial charge is 0.262 e. The van der Waals surface area contributed by atoms with Crippen LogP contribution in [0.1, 0.15) is 22.8 Å². The van der Waals surface area contributed by atoms with Crippen LogP contribution in [0.2, 0.25) is 0 Å². The minimum atomic E-state index is -0.532. The fraction of sp³-hybridized carbons (Fsp3) is 0.286. The number of anilines is 3. The van der Waals surface area contributed by atoms with Crippen molar-refractivity contribution in [3.8, 4) is 5.75 Å². The van der Waals surface area contributed by atoms with Crippen molar-refractivity contribution >= 4 is 28.9 Å². The SMILES string of the molecule is CCN1CCN(c2ccc(NC(=O)c3ccccc3OCC(=O)Nc3ccccc3F)cc2C)CC1. The van der Waals surface area contributed by atoms with Gasteiger partial charge in [0, 0.05) is 37.6 Å². The van der Waals surface area contributed by atoms with Gasteiger partial charge in [-0.05, 0) is 61.5 Å². The highest BCUT2D eigenvalue weighted by Crippen LogP contribution is 2.26. The third-order valence-corrected chi connectivity index (χ3v) is 6.25. The predicted octanol–water partition coefficient (Wildman–Crippen LogP) is 4.55. The third-order valence-electron chi connectivity index (χ3n) is 6.25. The first kappa shape index (κ1) is 25.2. The Morgan fingerprint density at radius 2 is 1.67 bits per heavy atom. The summed E-state index contributed by atoms with van der Waals surface area (Å²) in [4.78, 5) is 30.1. The van der Waals surface area contributed by atoms with E-state index in [4.69, 9.17) is 4.74 Å². The summed E-state index contributed by atoms with van der Waals surface area (Å²) < 4.78 is 19.4. The highest BCUT2D eigenvalue weighted by atomic mass is 19.1. The van der Waals surface area contributed by atoms with Gasteiger partial charge < -0.3 is 25.2 Å². The van der Waals surface area contributed by atoms with Gasteiger partial charge in [0.05, 0.1) is 11.3 Å². The van der Waals surface area contributed by atoms with Crippen molar-refractivity contribution in [3.05, 3.63) is 83.7 Å². The van der Waals surface area contributed by atoms with Gasteiger partial charge in [-0.15, -0.1) is 0 Å². The zero-order chi connectivity index (χ0) is 25.5. The number of carbonyl (C=O) groups excluding carboxylic acids is 2. The molecule has 3 aromatic carbocycles. The van der Waals surface area contributed by atoms with E-state index in [1.165, 1.54) is 17.8 Å². The van der Waals surface area contributed by atoms with Gasteiger partial charge in [-0.25, -0.2) is 4.39 Å². The second-order valence-corrected chi connectivity index (χ2v) is 8.69. The summed E-state index contributed by atoms with van der Waals surface area (Å²) in [5.41, 5.74) is 3.32. The number of aryl methyl sites for hydroxylation is 1. The molecule has 0 aromatic heterocycles. The first-order valence-corrected chi connectivity index (χ1v) is 12.1. The number of hydrogen-bond donors (Lipinski definition) is 2. The number of piperazine rings is 1. The van der Waals surface area contributed by atoms with Gasteiger partial charge >= 0.3 is 0 Å². The van der Waals surface area contributed by atoms with Gasteiger partial charge in [-0.3, -0.25) is 9.59 Å². The lowest BCUT2D eigenvalue weighted by Gasteiger charge is -2.36. The molecule has 0 saturated carbocycles. The average Bonchev–Trinajstić information content (AvgIpc) is 2.89. The van der Waals surface area contributed by atoms with E-state index in [1.54, 1.807) is 36.4 Å². The highest BCUT2D eigenvalue weighted by Gasteiger charge is 2.18. The number of hydrogen-bond acceptors (Lipinski definition) is 5. The maximum atomic E-state index is 13.8. The van der Waals surface area contributed by atoms with Crippen molar-refractivity contribution < 1.29 is 18.7 Å². The quantitative estimate of drug-likeness (QED) is 0.485. The Labute approximate surface area is 210 Å². The molecule has 8 heteroatoms. The Morgan fingerprint density at radius 1 is 0.944 bits per heavy atom. The molecular weight excluding hydrogens is 459 g/mol. The van der Waals surface area contributed by atoms with Crippen LogP contribution < -0.4 is 20.3 Å². The predicted molar refractivity (Wildman–Crippen MR) is 140 cm³/mol. The first-order valence-electron chi connectivity index (χ1n) is 12.1.